The van der Waals surface area contributed by atoms with Gasteiger partial charge in [0, 0.05) is 11.7 Å². The largest absolute Gasteiger partial charge is 0.365 e. The van der Waals surface area contributed by atoms with Crippen molar-refractivity contribution in [1.29, 1.82) is 0 Å². The SMILES string of the molecule is Cc1cnc(NC(C)(C)C)c(C)c1. The Morgan fingerprint density at radius 1 is 1.23 bits per heavy atom. The molecule has 0 aliphatic heterocycles. The molecule has 1 aromatic heterocycles. The lowest BCUT2D eigenvalue weighted by Gasteiger charge is -2.22. The zero-order valence-electron chi connectivity index (χ0n) is 9.10. The van der Waals surface area contributed by atoms with Crippen LogP contribution in [0.15, 0.2) is 12.3 Å². The first-order chi connectivity index (χ1) is 5.88. The third-order valence-corrected chi connectivity index (χ3v) is 1.71. The summed E-state index contributed by atoms with van der Waals surface area (Å²) in [5.41, 5.74) is 2.49. The van der Waals surface area contributed by atoms with Gasteiger partial charge in [-0.15, -0.1) is 0 Å². The van der Waals surface area contributed by atoms with Crippen LogP contribution in [0.5, 0.6) is 0 Å². The van der Waals surface area contributed by atoms with Gasteiger partial charge in [0.1, 0.15) is 5.82 Å². The quantitative estimate of drug-likeness (QED) is 0.715. The van der Waals surface area contributed by atoms with Crippen LogP contribution in [0, 0.1) is 13.8 Å². The third-order valence-electron chi connectivity index (χ3n) is 1.71. The van der Waals surface area contributed by atoms with Crippen LogP contribution in [0.1, 0.15) is 31.9 Å². The first-order valence-electron chi connectivity index (χ1n) is 4.60. The van der Waals surface area contributed by atoms with Gasteiger partial charge in [0.05, 0.1) is 0 Å². The van der Waals surface area contributed by atoms with Crippen LogP contribution in [-0.4, -0.2) is 10.5 Å². The summed E-state index contributed by atoms with van der Waals surface area (Å²) in [6.07, 6.45) is 1.89. The first kappa shape index (κ1) is 10.0. The molecule has 0 saturated carbocycles. The van der Waals surface area contributed by atoms with E-state index in [1.54, 1.807) is 0 Å². The predicted molar refractivity (Wildman–Crippen MR) is 57.1 cm³/mol. The maximum atomic E-state index is 4.35. The smallest absolute Gasteiger partial charge is 0.129 e. The van der Waals surface area contributed by atoms with Crippen molar-refractivity contribution in [3.05, 3.63) is 23.4 Å². The molecule has 0 aromatic carbocycles. The molecular weight excluding hydrogens is 160 g/mol. The van der Waals surface area contributed by atoms with Gasteiger partial charge in [-0.1, -0.05) is 6.07 Å². The molecule has 2 heteroatoms. The lowest BCUT2D eigenvalue weighted by Crippen LogP contribution is -2.27. The topological polar surface area (TPSA) is 24.9 Å². The summed E-state index contributed by atoms with van der Waals surface area (Å²) in [5, 5.41) is 3.37. The number of hydrogen-bond acceptors (Lipinski definition) is 2. The highest BCUT2D eigenvalue weighted by atomic mass is 15.0. The summed E-state index contributed by atoms with van der Waals surface area (Å²) in [4.78, 5) is 4.35. The summed E-state index contributed by atoms with van der Waals surface area (Å²) in [6, 6.07) is 2.14. The Hall–Kier alpha value is -1.05. The van der Waals surface area contributed by atoms with Gasteiger partial charge in [0.2, 0.25) is 0 Å². The van der Waals surface area contributed by atoms with Gasteiger partial charge in [-0.25, -0.2) is 4.98 Å². The minimum atomic E-state index is 0.0764. The molecule has 0 bridgehead atoms. The van der Waals surface area contributed by atoms with E-state index >= 15 is 0 Å². The molecule has 13 heavy (non-hydrogen) atoms. The molecule has 0 saturated heterocycles. The van der Waals surface area contributed by atoms with E-state index in [0.717, 1.165) is 5.82 Å². The number of aryl methyl sites for hydroxylation is 2. The Morgan fingerprint density at radius 3 is 2.31 bits per heavy atom. The van der Waals surface area contributed by atoms with Crippen LogP contribution in [0.3, 0.4) is 0 Å². The van der Waals surface area contributed by atoms with Gasteiger partial charge in [-0.3, -0.25) is 0 Å². The number of nitrogens with zero attached hydrogens (tertiary/aromatic N) is 1. The van der Waals surface area contributed by atoms with Crippen LogP contribution in [0.4, 0.5) is 5.82 Å². The molecule has 0 aliphatic carbocycles. The number of nitrogens with one attached hydrogen (secondary N) is 1. The lowest BCUT2D eigenvalue weighted by molar-refractivity contribution is 0.629. The van der Waals surface area contributed by atoms with Crippen molar-refractivity contribution >= 4 is 5.82 Å². The van der Waals surface area contributed by atoms with E-state index in [1.807, 2.05) is 6.20 Å². The summed E-state index contributed by atoms with van der Waals surface area (Å²) in [6.45, 7) is 10.5. The van der Waals surface area contributed by atoms with E-state index in [1.165, 1.54) is 11.1 Å². The summed E-state index contributed by atoms with van der Waals surface area (Å²) in [7, 11) is 0. The fourth-order valence-electron chi connectivity index (χ4n) is 1.20. The Kier molecular flexibility index (Phi) is 2.60. The average molecular weight is 178 g/mol. The molecule has 0 atom stereocenters. The van der Waals surface area contributed by atoms with E-state index in [9.17, 15) is 0 Å². The van der Waals surface area contributed by atoms with Crippen molar-refractivity contribution in [2.24, 2.45) is 0 Å². The van der Waals surface area contributed by atoms with Crippen molar-refractivity contribution in [2.75, 3.05) is 5.32 Å². The van der Waals surface area contributed by atoms with Crippen molar-refractivity contribution in [2.45, 2.75) is 40.2 Å². The second-order valence-corrected chi connectivity index (χ2v) is 4.55. The molecule has 0 aliphatic rings. The average Bonchev–Trinajstić information content (AvgIpc) is 1.93. The predicted octanol–water partition coefficient (Wildman–Crippen LogP) is 2.91. The zero-order chi connectivity index (χ0) is 10.1. The Labute approximate surface area is 80.4 Å². The van der Waals surface area contributed by atoms with Gasteiger partial charge in [-0.2, -0.15) is 0 Å². The number of hydrogen-bond donors (Lipinski definition) is 1. The third kappa shape index (κ3) is 3.05. The zero-order valence-corrected chi connectivity index (χ0v) is 9.10. The van der Waals surface area contributed by atoms with Gasteiger partial charge < -0.3 is 5.32 Å². The number of rotatable bonds is 1. The van der Waals surface area contributed by atoms with Crippen molar-refractivity contribution < 1.29 is 0 Å². The normalized spacial score (nSPS) is 11.5. The maximum Gasteiger partial charge on any atom is 0.129 e. The van der Waals surface area contributed by atoms with Gasteiger partial charge >= 0.3 is 0 Å². The van der Waals surface area contributed by atoms with Crippen LogP contribution in [-0.2, 0) is 0 Å². The van der Waals surface area contributed by atoms with Crippen molar-refractivity contribution in [1.82, 2.24) is 4.98 Å². The van der Waals surface area contributed by atoms with Gasteiger partial charge in [0.25, 0.3) is 0 Å². The lowest BCUT2D eigenvalue weighted by atomic mass is 10.1. The van der Waals surface area contributed by atoms with E-state index in [-0.39, 0.29) is 5.54 Å². The second-order valence-electron chi connectivity index (χ2n) is 4.55. The molecule has 1 aromatic rings. The highest BCUT2D eigenvalue weighted by Crippen LogP contribution is 2.16. The molecule has 0 unspecified atom stereocenters. The number of pyridine rings is 1. The monoisotopic (exact) mass is 178 g/mol. The Balaban J connectivity index is 2.90. The summed E-state index contributed by atoms with van der Waals surface area (Å²) < 4.78 is 0. The summed E-state index contributed by atoms with van der Waals surface area (Å²) in [5.74, 6) is 0.984. The standard InChI is InChI=1S/C11H18N2/c1-8-6-9(2)10(12-7-8)13-11(3,4)5/h6-7H,1-5H3,(H,12,13). The van der Waals surface area contributed by atoms with Crippen LogP contribution in [0.25, 0.3) is 0 Å². The molecule has 1 heterocycles. The highest BCUT2D eigenvalue weighted by molar-refractivity contribution is 5.45. The molecule has 0 amide bonds. The molecule has 0 fully saturated rings. The molecule has 72 valence electrons. The molecule has 0 spiro atoms. The van der Waals surface area contributed by atoms with Crippen molar-refractivity contribution in [3.8, 4) is 0 Å². The highest BCUT2D eigenvalue weighted by Gasteiger charge is 2.11. The maximum absolute atomic E-state index is 4.35. The fourth-order valence-corrected chi connectivity index (χ4v) is 1.20. The van der Waals surface area contributed by atoms with E-state index in [0.29, 0.717) is 0 Å². The van der Waals surface area contributed by atoms with Crippen LogP contribution >= 0.6 is 0 Å². The van der Waals surface area contributed by atoms with E-state index < -0.39 is 0 Å². The molecule has 1 N–H and O–H groups in total. The van der Waals surface area contributed by atoms with Gasteiger partial charge in [-0.05, 0) is 45.7 Å². The Morgan fingerprint density at radius 2 is 1.85 bits per heavy atom. The van der Waals surface area contributed by atoms with Crippen LogP contribution < -0.4 is 5.32 Å². The number of aromatic nitrogens is 1. The minimum absolute atomic E-state index is 0.0764. The molecule has 0 radical (unpaired) electrons. The first-order valence-corrected chi connectivity index (χ1v) is 4.60. The Bertz CT molecular complexity index is 297. The van der Waals surface area contributed by atoms with Gasteiger partial charge in [0.15, 0.2) is 0 Å². The van der Waals surface area contributed by atoms with Crippen LogP contribution in [0.2, 0.25) is 0 Å². The van der Waals surface area contributed by atoms with E-state index in [4.69, 9.17) is 0 Å². The molecule has 2 nitrogen and oxygen atoms in total. The minimum Gasteiger partial charge on any atom is -0.365 e. The fraction of sp³-hybridized carbons (Fsp3) is 0.545. The summed E-state index contributed by atoms with van der Waals surface area (Å²) >= 11 is 0. The second kappa shape index (κ2) is 3.36. The molecular formula is C11H18N2. The van der Waals surface area contributed by atoms with Crippen molar-refractivity contribution in [3.63, 3.8) is 0 Å². The number of anilines is 1. The molecule has 1 rings (SSSR count). The van der Waals surface area contributed by atoms with E-state index in [2.05, 4.69) is 51.0 Å².